The molecular formula is C30H27Cl3FN3O. The minimum absolute atomic E-state index is 0.218. The first-order valence-corrected chi connectivity index (χ1v) is 14.1. The minimum atomic E-state index is -0.420. The maximum absolute atomic E-state index is 14.0. The molecule has 2 aliphatic heterocycles. The zero-order valence-electron chi connectivity index (χ0n) is 21.1. The molecule has 38 heavy (non-hydrogen) atoms. The van der Waals surface area contributed by atoms with Crippen LogP contribution in [0.15, 0.2) is 59.4 Å². The summed E-state index contributed by atoms with van der Waals surface area (Å²) in [6.07, 6.45) is 4.36. The van der Waals surface area contributed by atoms with E-state index in [4.69, 9.17) is 39.8 Å². The first-order valence-electron chi connectivity index (χ1n) is 13.0. The highest BCUT2D eigenvalue weighted by atomic mass is 35.5. The van der Waals surface area contributed by atoms with E-state index in [1.54, 1.807) is 34.9 Å². The van der Waals surface area contributed by atoms with Crippen LogP contribution >= 0.6 is 34.8 Å². The van der Waals surface area contributed by atoms with Crippen molar-refractivity contribution in [2.75, 3.05) is 0 Å². The van der Waals surface area contributed by atoms with E-state index < -0.39 is 5.82 Å². The molecule has 0 amide bonds. The summed E-state index contributed by atoms with van der Waals surface area (Å²) in [5.74, 6) is -0.202. The van der Waals surface area contributed by atoms with Crippen LogP contribution in [0.2, 0.25) is 15.1 Å². The monoisotopic (exact) mass is 569 g/mol. The van der Waals surface area contributed by atoms with Crippen molar-refractivity contribution >= 4 is 45.7 Å². The van der Waals surface area contributed by atoms with Crippen molar-refractivity contribution in [3.63, 3.8) is 0 Å². The fourth-order valence-corrected chi connectivity index (χ4v) is 7.41. The number of para-hydroxylation sites is 1. The van der Waals surface area contributed by atoms with E-state index in [2.05, 4.69) is 18.7 Å². The van der Waals surface area contributed by atoms with Gasteiger partial charge in [0.25, 0.3) is 5.56 Å². The Morgan fingerprint density at radius 1 is 0.921 bits per heavy atom. The number of aromatic nitrogens is 2. The maximum atomic E-state index is 14.0. The molecular weight excluding hydrogens is 544 g/mol. The average Bonchev–Trinajstić information content (AvgIpc) is 3.14. The van der Waals surface area contributed by atoms with Crippen LogP contribution in [0.25, 0.3) is 27.8 Å². The highest BCUT2D eigenvalue weighted by Crippen LogP contribution is 2.45. The summed E-state index contributed by atoms with van der Waals surface area (Å²) in [5.41, 5.74) is 2.93. The van der Waals surface area contributed by atoms with Gasteiger partial charge in [-0.1, -0.05) is 40.9 Å². The Bertz CT molecular complexity index is 1580. The van der Waals surface area contributed by atoms with E-state index in [0.29, 0.717) is 56.0 Å². The molecule has 2 saturated heterocycles. The molecule has 2 aromatic carbocycles. The molecule has 0 radical (unpaired) electrons. The number of hydrogen-bond acceptors (Lipinski definition) is 3. The zero-order chi connectivity index (χ0) is 26.7. The molecule has 2 fully saturated rings. The summed E-state index contributed by atoms with van der Waals surface area (Å²) in [6.45, 7) is 4.53. The fraction of sp³-hybridized carbons (Fsp3) is 0.333. The molecule has 4 nitrogen and oxygen atoms in total. The molecule has 196 valence electrons. The predicted molar refractivity (Wildman–Crippen MR) is 154 cm³/mol. The average molecular weight is 571 g/mol. The number of halogens is 4. The lowest BCUT2D eigenvalue weighted by Crippen LogP contribution is -2.46. The first kappa shape index (κ1) is 25.8. The van der Waals surface area contributed by atoms with Crippen LogP contribution in [-0.2, 0) is 0 Å². The van der Waals surface area contributed by atoms with Crippen LogP contribution in [0.3, 0.4) is 0 Å². The number of rotatable bonds is 4. The Morgan fingerprint density at radius 3 is 2.24 bits per heavy atom. The topological polar surface area (TPSA) is 38.1 Å². The third-order valence-corrected chi connectivity index (χ3v) is 8.98. The quantitative estimate of drug-likeness (QED) is 0.248. The summed E-state index contributed by atoms with van der Waals surface area (Å²) in [7, 11) is 0. The Morgan fingerprint density at radius 2 is 1.61 bits per heavy atom. The standard InChI is InChI=1S/C30H27Cl3FN3O/c1-16(2)36-19-7-8-20(36)13-17(12-19)26-15-27-22(29(35-26)21-9-6-18(34)14-25(21)33)10-11-28(38)37(27)30-23(31)4-3-5-24(30)32/h3-6,9-11,14-17,19-20H,7-8,12-13H2,1-2H3. The van der Waals surface area contributed by atoms with Crippen LogP contribution in [0.4, 0.5) is 4.39 Å². The van der Waals surface area contributed by atoms with Gasteiger partial charge >= 0.3 is 0 Å². The van der Waals surface area contributed by atoms with Gasteiger partial charge in [-0.25, -0.2) is 4.39 Å². The SMILES string of the molecule is CC(C)N1C2CCC1CC(c1cc3c(ccc(=O)n3-c3c(Cl)cccc3Cl)c(-c3ccc(F)cc3Cl)n1)C2. The molecule has 0 spiro atoms. The zero-order valence-corrected chi connectivity index (χ0v) is 23.4. The van der Waals surface area contributed by atoms with Crippen LogP contribution < -0.4 is 5.56 Å². The van der Waals surface area contributed by atoms with Gasteiger partial charge in [0.2, 0.25) is 0 Å². The Balaban J connectivity index is 1.61. The molecule has 8 heteroatoms. The van der Waals surface area contributed by atoms with Gasteiger partial charge in [0.1, 0.15) is 5.82 Å². The van der Waals surface area contributed by atoms with Gasteiger partial charge < -0.3 is 0 Å². The summed E-state index contributed by atoms with van der Waals surface area (Å²) < 4.78 is 15.5. The lowest BCUT2D eigenvalue weighted by atomic mass is 9.86. The van der Waals surface area contributed by atoms with Crippen molar-refractivity contribution in [2.45, 2.75) is 63.6 Å². The predicted octanol–water partition coefficient (Wildman–Crippen LogP) is 8.27. The second kappa shape index (κ2) is 9.95. The maximum Gasteiger partial charge on any atom is 0.255 e. The smallest absolute Gasteiger partial charge is 0.255 e. The first-order chi connectivity index (χ1) is 18.2. The van der Waals surface area contributed by atoms with Gasteiger partial charge in [0.05, 0.1) is 32.0 Å². The molecule has 0 aliphatic carbocycles. The minimum Gasteiger partial charge on any atom is -0.295 e. The van der Waals surface area contributed by atoms with Gasteiger partial charge in [-0.05, 0) is 82.0 Å². The third kappa shape index (κ3) is 4.34. The van der Waals surface area contributed by atoms with Crippen molar-refractivity contribution in [1.82, 2.24) is 14.5 Å². The second-order valence-electron chi connectivity index (χ2n) is 10.6. The summed E-state index contributed by atoms with van der Waals surface area (Å²) >= 11 is 19.7. The second-order valence-corrected chi connectivity index (χ2v) is 11.8. The van der Waals surface area contributed by atoms with Crippen LogP contribution in [0.1, 0.15) is 51.1 Å². The van der Waals surface area contributed by atoms with Gasteiger partial charge in [0.15, 0.2) is 0 Å². The molecule has 6 rings (SSSR count). The molecule has 0 saturated carbocycles. The van der Waals surface area contributed by atoms with Crippen molar-refractivity contribution < 1.29 is 4.39 Å². The molecule has 2 aliphatic rings. The fourth-order valence-electron chi connectivity index (χ4n) is 6.59. The summed E-state index contributed by atoms with van der Waals surface area (Å²) in [6, 6.07) is 16.2. The Kier molecular flexibility index (Phi) is 6.76. The lowest BCUT2D eigenvalue weighted by molar-refractivity contribution is 0.0917. The van der Waals surface area contributed by atoms with Crippen molar-refractivity contribution in [2.24, 2.45) is 0 Å². The third-order valence-electron chi connectivity index (χ3n) is 8.06. The summed E-state index contributed by atoms with van der Waals surface area (Å²) in [4.78, 5) is 21.2. The van der Waals surface area contributed by atoms with Gasteiger partial charge in [-0.3, -0.25) is 19.2 Å². The molecule has 4 heterocycles. The van der Waals surface area contributed by atoms with E-state index in [-0.39, 0.29) is 16.5 Å². The molecule has 2 atom stereocenters. The van der Waals surface area contributed by atoms with Crippen molar-refractivity contribution in [3.05, 3.63) is 91.5 Å². The van der Waals surface area contributed by atoms with E-state index in [0.717, 1.165) is 18.5 Å². The molecule has 4 aromatic rings. The van der Waals surface area contributed by atoms with Gasteiger partial charge in [-0.15, -0.1) is 0 Å². The molecule has 2 aromatic heterocycles. The van der Waals surface area contributed by atoms with E-state index in [9.17, 15) is 9.18 Å². The van der Waals surface area contributed by atoms with Crippen molar-refractivity contribution in [1.29, 1.82) is 0 Å². The Hall–Kier alpha value is -2.44. The molecule has 2 unspecified atom stereocenters. The number of nitrogens with zero attached hydrogens (tertiary/aromatic N) is 3. The summed E-state index contributed by atoms with van der Waals surface area (Å²) in [5, 5.41) is 1.71. The number of benzene rings is 2. The molecule has 2 bridgehead atoms. The van der Waals surface area contributed by atoms with E-state index in [1.807, 2.05) is 6.07 Å². The van der Waals surface area contributed by atoms with Crippen molar-refractivity contribution in [3.8, 4) is 16.9 Å². The van der Waals surface area contributed by atoms with Gasteiger partial charge in [-0.2, -0.15) is 0 Å². The molecule has 0 N–H and O–H groups in total. The van der Waals surface area contributed by atoms with E-state index in [1.165, 1.54) is 31.0 Å². The normalized spacial score (nSPS) is 21.5. The largest absolute Gasteiger partial charge is 0.295 e. The highest BCUT2D eigenvalue weighted by Gasteiger charge is 2.42. The number of piperidine rings is 1. The number of fused-ring (bicyclic) bond motifs is 3. The van der Waals surface area contributed by atoms with Crippen LogP contribution in [0.5, 0.6) is 0 Å². The highest BCUT2D eigenvalue weighted by molar-refractivity contribution is 6.38. The van der Waals surface area contributed by atoms with Crippen LogP contribution in [-0.4, -0.2) is 32.6 Å². The lowest BCUT2D eigenvalue weighted by Gasteiger charge is -2.41. The number of pyridine rings is 2. The van der Waals surface area contributed by atoms with Crippen LogP contribution in [0, 0.1) is 5.82 Å². The Labute approximate surface area is 236 Å². The van der Waals surface area contributed by atoms with Gasteiger partial charge in [0, 0.05) is 46.8 Å². The van der Waals surface area contributed by atoms with E-state index >= 15 is 0 Å². The number of hydrogen-bond donors (Lipinski definition) is 0.